The monoisotopic (exact) mass is 374 g/mol. The number of halogens is 2. The number of fused-ring (bicyclic) bond motifs is 1. The SMILES string of the molecule is O=S(=O)(c1ccccc1F)N1CCn2cccc2[C@@H]1c1ccccc1F. The molecule has 2 aromatic carbocycles. The predicted molar refractivity (Wildman–Crippen MR) is 93.0 cm³/mol. The van der Waals surface area contributed by atoms with Crippen LogP contribution in [0.4, 0.5) is 8.78 Å². The first-order valence-corrected chi connectivity index (χ1v) is 9.60. The number of aromatic nitrogens is 1. The molecule has 0 fully saturated rings. The minimum absolute atomic E-state index is 0.122. The molecule has 0 spiro atoms. The molecule has 0 unspecified atom stereocenters. The topological polar surface area (TPSA) is 42.3 Å². The van der Waals surface area contributed by atoms with Gasteiger partial charge in [-0.15, -0.1) is 0 Å². The largest absolute Gasteiger partial charge is 0.348 e. The number of rotatable bonds is 3. The molecule has 134 valence electrons. The molecule has 1 aliphatic rings. The molecule has 3 aromatic rings. The molecule has 0 amide bonds. The Kier molecular flexibility index (Phi) is 4.13. The quantitative estimate of drug-likeness (QED) is 0.704. The van der Waals surface area contributed by atoms with Crippen molar-refractivity contribution in [3.05, 3.63) is 89.8 Å². The van der Waals surface area contributed by atoms with E-state index in [1.54, 1.807) is 30.3 Å². The Morgan fingerprint density at radius 2 is 1.54 bits per heavy atom. The van der Waals surface area contributed by atoms with Crippen molar-refractivity contribution in [1.82, 2.24) is 8.87 Å². The smallest absolute Gasteiger partial charge is 0.246 e. The van der Waals surface area contributed by atoms with Crippen LogP contribution in [0.2, 0.25) is 0 Å². The molecule has 2 heterocycles. The first-order chi connectivity index (χ1) is 12.5. The van der Waals surface area contributed by atoms with E-state index in [0.717, 1.165) is 6.07 Å². The standard InChI is InChI=1S/C19H16F2N2O2S/c20-15-7-2-1-6-14(15)19-17-9-5-11-22(17)12-13-23(19)26(24,25)18-10-4-3-8-16(18)21/h1-11,19H,12-13H2/t19-/m0/s1. The van der Waals surface area contributed by atoms with E-state index >= 15 is 0 Å². The molecule has 0 aliphatic carbocycles. The fraction of sp³-hybridized carbons (Fsp3) is 0.158. The van der Waals surface area contributed by atoms with Gasteiger partial charge in [-0.2, -0.15) is 4.31 Å². The lowest BCUT2D eigenvalue weighted by Gasteiger charge is -2.36. The van der Waals surface area contributed by atoms with Gasteiger partial charge in [0.05, 0.1) is 6.04 Å². The molecule has 4 rings (SSSR count). The average molecular weight is 374 g/mol. The van der Waals surface area contributed by atoms with Gasteiger partial charge in [-0.05, 0) is 30.3 Å². The van der Waals surface area contributed by atoms with Crippen LogP contribution in [0.25, 0.3) is 0 Å². The second-order valence-corrected chi connectivity index (χ2v) is 7.96. The summed E-state index contributed by atoms with van der Waals surface area (Å²) in [5.41, 5.74) is 0.897. The highest BCUT2D eigenvalue weighted by molar-refractivity contribution is 7.89. The first kappa shape index (κ1) is 16.9. The Balaban J connectivity index is 1.90. The summed E-state index contributed by atoms with van der Waals surface area (Å²) in [4.78, 5) is -0.402. The number of nitrogens with zero attached hydrogens (tertiary/aromatic N) is 2. The lowest BCUT2D eigenvalue weighted by atomic mass is 10.0. The van der Waals surface area contributed by atoms with Gasteiger partial charge in [-0.3, -0.25) is 0 Å². The Morgan fingerprint density at radius 1 is 0.846 bits per heavy atom. The van der Waals surface area contributed by atoms with Gasteiger partial charge < -0.3 is 4.57 Å². The predicted octanol–water partition coefficient (Wildman–Crippen LogP) is 3.56. The van der Waals surface area contributed by atoms with Crippen LogP contribution in [-0.4, -0.2) is 23.8 Å². The fourth-order valence-electron chi connectivity index (χ4n) is 3.41. The summed E-state index contributed by atoms with van der Waals surface area (Å²) in [5, 5.41) is 0. The lowest BCUT2D eigenvalue weighted by Crippen LogP contribution is -2.42. The van der Waals surface area contributed by atoms with E-state index in [2.05, 4.69) is 0 Å². The Morgan fingerprint density at radius 3 is 2.27 bits per heavy atom. The van der Waals surface area contributed by atoms with Crippen molar-refractivity contribution >= 4 is 10.0 Å². The van der Waals surface area contributed by atoms with Crippen molar-refractivity contribution in [3.63, 3.8) is 0 Å². The van der Waals surface area contributed by atoms with Gasteiger partial charge in [0, 0.05) is 30.5 Å². The van der Waals surface area contributed by atoms with E-state index in [0.29, 0.717) is 12.2 Å². The number of hydrogen-bond acceptors (Lipinski definition) is 2. The van der Waals surface area contributed by atoms with Crippen molar-refractivity contribution in [2.45, 2.75) is 17.5 Å². The lowest BCUT2D eigenvalue weighted by molar-refractivity contribution is 0.292. The molecule has 0 radical (unpaired) electrons. The molecule has 7 heteroatoms. The summed E-state index contributed by atoms with van der Waals surface area (Å²) < 4.78 is 58.2. The second-order valence-electron chi connectivity index (χ2n) is 6.10. The van der Waals surface area contributed by atoms with E-state index < -0.39 is 32.6 Å². The molecule has 0 saturated carbocycles. The zero-order valence-corrected chi connectivity index (χ0v) is 14.5. The maximum absolute atomic E-state index is 14.5. The molecule has 4 nitrogen and oxygen atoms in total. The third kappa shape index (κ3) is 2.64. The van der Waals surface area contributed by atoms with Crippen LogP contribution in [0.5, 0.6) is 0 Å². The van der Waals surface area contributed by atoms with Gasteiger partial charge in [-0.1, -0.05) is 30.3 Å². The summed E-state index contributed by atoms with van der Waals surface area (Å²) in [5.74, 6) is -1.32. The maximum atomic E-state index is 14.5. The summed E-state index contributed by atoms with van der Waals surface area (Å²) >= 11 is 0. The summed E-state index contributed by atoms with van der Waals surface area (Å²) in [6, 6.07) is 14.0. The number of benzene rings is 2. The van der Waals surface area contributed by atoms with Crippen molar-refractivity contribution in [2.24, 2.45) is 0 Å². The van der Waals surface area contributed by atoms with Crippen molar-refractivity contribution in [1.29, 1.82) is 0 Å². The minimum atomic E-state index is -4.15. The average Bonchev–Trinajstić information content (AvgIpc) is 3.10. The maximum Gasteiger partial charge on any atom is 0.246 e. The minimum Gasteiger partial charge on any atom is -0.348 e. The first-order valence-electron chi connectivity index (χ1n) is 8.16. The molecule has 0 N–H and O–H groups in total. The van der Waals surface area contributed by atoms with E-state index in [1.165, 1.54) is 28.6 Å². The second kappa shape index (κ2) is 6.34. The summed E-state index contributed by atoms with van der Waals surface area (Å²) in [6.45, 7) is 0.540. The molecule has 1 aliphatic heterocycles. The van der Waals surface area contributed by atoms with Crippen LogP contribution in [0.1, 0.15) is 17.3 Å². The van der Waals surface area contributed by atoms with Gasteiger partial charge >= 0.3 is 0 Å². The van der Waals surface area contributed by atoms with Gasteiger partial charge in [0.25, 0.3) is 0 Å². The normalized spacial score (nSPS) is 17.8. The number of hydrogen-bond donors (Lipinski definition) is 0. The van der Waals surface area contributed by atoms with Crippen LogP contribution >= 0.6 is 0 Å². The van der Waals surface area contributed by atoms with Crippen LogP contribution in [0.3, 0.4) is 0 Å². The van der Waals surface area contributed by atoms with Crippen molar-refractivity contribution in [3.8, 4) is 0 Å². The fourth-order valence-corrected chi connectivity index (χ4v) is 5.05. The Bertz CT molecular complexity index is 1060. The van der Waals surface area contributed by atoms with Crippen LogP contribution in [-0.2, 0) is 16.6 Å². The molecular weight excluding hydrogens is 358 g/mol. The zero-order valence-electron chi connectivity index (χ0n) is 13.7. The summed E-state index contributed by atoms with van der Waals surface area (Å²) in [7, 11) is -4.15. The van der Waals surface area contributed by atoms with Crippen molar-refractivity contribution in [2.75, 3.05) is 6.54 Å². The van der Waals surface area contributed by atoms with Crippen molar-refractivity contribution < 1.29 is 17.2 Å². The van der Waals surface area contributed by atoms with Gasteiger partial charge in [0.2, 0.25) is 10.0 Å². The van der Waals surface area contributed by atoms with Gasteiger partial charge in [-0.25, -0.2) is 17.2 Å². The van der Waals surface area contributed by atoms with Gasteiger partial charge in [0.15, 0.2) is 0 Å². The van der Waals surface area contributed by atoms with Crippen LogP contribution in [0.15, 0.2) is 71.8 Å². The molecular formula is C19H16F2N2O2S. The molecule has 0 bridgehead atoms. The Hall–Kier alpha value is -2.51. The van der Waals surface area contributed by atoms with E-state index in [-0.39, 0.29) is 12.1 Å². The molecule has 26 heavy (non-hydrogen) atoms. The van der Waals surface area contributed by atoms with E-state index in [9.17, 15) is 17.2 Å². The van der Waals surface area contributed by atoms with E-state index in [1.807, 2.05) is 10.8 Å². The number of sulfonamides is 1. The zero-order chi connectivity index (χ0) is 18.3. The highest BCUT2D eigenvalue weighted by Crippen LogP contribution is 2.37. The van der Waals surface area contributed by atoms with Gasteiger partial charge in [0.1, 0.15) is 16.5 Å². The third-order valence-electron chi connectivity index (χ3n) is 4.62. The highest BCUT2D eigenvalue weighted by Gasteiger charge is 2.39. The highest BCUT2D eigenvalue weighted by atomic mass is 32.2. The molecule has 0 saturated heterocycles. The van der Waals surface area contributed by atoms with Crippen LogP contribution in [0, 0.1) is 11.6 Å². The molecule has 1 atom stereocenters. The Labute approximate surface area is 150 Å². The van der Waals surface area contributed by atoms with E-state index in [4.69, 9.17) is 0 Å². The summed E-state index contributed by atoms with van der Waals surface area (Å²) in [6.07, 6.45) is 1.83. The third-order valence-corrected chi connectivity index (χ3v) is 6.51. The van der Waals surface area contributed by atoms with Crippen LogP contribution < -0.4 is 0 Å². The molecule has 1 aromatic heterocycles.